The summed E-state index contributed by atoms with van der Waals surface area (Å²) < 4.78 is 0. The lowest BCUT2D eigenvalue weighted by molar-refractivity contribution is -0.137. The summed E-state index contributed by atoms with van der Waals surface area (Å²) in [6, 6.07) is -0.544. The molecule has 0 heterocycles. The van der Waals surface area contributed by atoms with Crippen LogP contribution in [0.15, 0.2) is 0 Å². The standard InChI is InChI=1S/C12H24N2O3S/c1-3-6-10(9-11(15)16)14-12(17)13-7-4-5-8-18-2/h10H,3-9H2,1-2H3,(H,15,16)(H2,13,14,17). The summed E-state index contributed by atoms with van der Waals surface area (Å²) in [5.74, 6) is 0.217. The van der Waals surface area contributed by atoms with Gasteiger partial charge in [-0.1, -0.05) is 13.3 Å². The van der Waals surface area contributed by atoms with E-state index < -0.39 is 5.97 Å². The molecule has 0 aliphatic rings. The van der Waals surface area contributed by atoms with E-state index in [0.29, 0.717) is 13.0 Å². The Balaban J connectivity index is 3.76. The molecule has 1 atom stereocenters. The summed E-state index contributed by atoms with van der Waals surface area (Å²) in [5, 5.41) is 14.2. The number of nitrogens with one attached hydrogen (secondary N) is 2. The van der Waals surface area contributed by atoms with E-state index >= 15 is 0 Å². The second kappa shape index (κ2) is 11.2. The predicted octanol–water partition coefficient (Wildman–Crippen LogP) is 2.07. The number of thioether (sulfide) groups is 1. The smallest absolute Gasteiger partial charge is 0.315 e. The molecule has 0 aliphatic heterocycles. The van der Waals surface area contributed by atoms with Crippen LogP contribution >= 0.6 is 11.8 Å². The number of urea groups is 1. The zero-order valence-electron chi connectivity index (χ0n) is 11.2. The maximum Gasteiger partial charge on any atom is 0.315 e. The molecule has 0 spiro atoms. The van der Waals surface area contributed by atoms with Crippen molar-refractivity contribution in [1.29, 1.82) is 0 Å². The Kier molecular flexibility index (Phi) is 10.6. The van der Waals surface area contributed by atoms with Crippen molar-refractivity contribution in [3.05, 3.63) is 0 Å². The molecule has 106 valence electrons. The number of amides is 2. The third-order valence-electron chi connectivity index (χ3n) is 2.45. The number of carbonyl (C=O) groups excluding carboxylic acids is 1. The fourth-order valence-electron chi connectivity index (χ4n) is 1.59. The van der Waals surface area contributed by atoms with Gasteiger partial charge in [-0.3, -0.25) is 4.79 Å². The minimum absolute atomic E-state index is 0.0201. The number of aliphatic carboxylic acids is 1. The lowest BCUT2D eigenvalue weighted by atomic mass is 10.1. The minimum Gasteiger partial charge on any atom is -0.481 e. The minimum atomic E-state index is -0.881. The zero-order valence-corrected chi connectivity index (χ0v) is 12.0. The van der Waals surface area contributed by atoms with E-state index in [1.807, 2.05) is 6.92 Å². The fraction of sp³-hybridized carbons (Fsp3) is 0.833. The molecule has 3 N–H and O–H groups in total. The van der Waals surface area contributed by atoms with Crippen molar-refractivity contribution in [3.63, 3.8) is 0 Å². The molecule has 0 aromatic heterocycles. The SMILES string of the molecule is CCCC(CC(=O)O)NC(=O)NCCCCSC. The largest absolute Gasteiger partial charge is 0.481 e. The molecule has 0 saturated heterocycles. The van der Waals surface area contributed by atoms with E-state index in [1.165, 1.54) is 0 Å². The lowest BCUT2D eigenvalue weighted by Gasteiger charge is -2.16. The maximum atomic E-state index is 11.5. The van der Waals surface area contributed by atoms with Crippen LogP contribution in [0.2, 0.25) is 0 Å². The number of carboxylic acids is 1. The van der Waals surface area contributed by atoms with Gasteiger partial charge in [0.25, 0.3) is 0 Å². The summed E-state index contributed by atoms with van der Waals surface area (Å²) in [7, 11) is 0. The molecule has 0 saturated carbocycles. The van der Waals surface area contributed by atoms with Crippen LogP contribution in [0.3, 0.4) is 0 Å². The molecule has 5 nitrogen and oxygen atoms in total. The van der Waals surface area contributed by atoms with Crippen LogP contribution in [0.1, 0.15) is 39.0 Å². The molecule has 0 bridgehead atoms. The van der Waals surface area contributed by atoms with Crippen LogP contribution in [0.5, 0.6) is 0 Å². The Labute approximate surface area is 113 Å². The first-order valence-corrected chi connectivity index (χ1v) is 7.74. The van der Waals surface area contributed by atoms with Crippen molar-refractivity contribution in [2.75, 3.05) is 18.6 Å². The summed E-state index contributed by atoms with van der Waals surface area (Å²) in [5.41, 5.74) is 0. The molecule has 1 unspecified atom stereocenters. The maximum absolute atomic E-state index is 11.5. The number of hydrogen-bond donors (Lipinski definition) is 3. The Morgan fingerprint density at radius 3 is 2.61 bits per heavy atom. The van der Waals surface area contributed by atoms with E-state index in [4.69, 9.17) is 5.11 Å². The first kappa shape index (κ1) is 17.1. The third-order valence-corrected chi connectivity index (χ3v) is 3.15. The van der Waals surface area contributed by atoms with E-state index in [-0.39, 0.29) is 18.5 Å². The molecular formula is C12H24N2O3S. The number of unbranched alkanes of at least 4 members (excludes halogenated alkanes) is 1. The molecule has 18 heavy (non-hydrogen) atoms. The fourth-order valence-corrected chi connectivity index (χ4v) is 2.09. The topological polar surface area (TPSA) is 78.4 Å². The number of hydrogen-bond acceptors (Lipinski definition) is 3. The van der Waals surface area contributed by atoms with E-state index in [9.17, 15) is 9.59 Å². The first-order valence-electron chi connectivity index (χ1n) is 6.35. The van der Waals surface area contributed by atoms with Gasteiger partial charge in [-0.25, -0.2) is 4.79 Å². The van der Waals surface area contributed by atoms with Crippen molar-refractivity contribution in [3.8, 4) is 0 Å². The average molecular weight is 276 g/mol. The Hall–Kier alpha value is -0.910. The molecule has 0 fully saturated rings. The van der Waals surface area contributed by atoms with Gasteiger partial charge >= 0.3 is 12.0 Å². The molecule has 0 aromatic carbocycles. The average Bonchev–Trinajstić information content (AvgIpc) is 2.28. The van der Waals surface area contributed by atoms with Gasteiger partial charge in [0.05, 0.1) is 6.42 Å². The highest BCUT2D eigenvalue weighted by molar-refractivity contribution is 7.98. The summed E-state index contributed by atoms with van der Waals surface area (Å²) >= 11 is 1.79. The van der Waals surface area contributed by atoms with E-state index in [1.54, 1.807) is 11.8 Å². The number of carbonyl (C=O) groups is 2. The highest BCUT2D eigenvalue weighted by Crippen LogP contribution is 2.02. The third kappa shape index (κ3) is 10.3. The van der Waals surface area contributed by atoms with Gasteiger partial charge in [-0.2, -0.15) is 11.8 Å². The van der Waals surface area contributed by atoms with Crippen molar-refractivity contribution in [1.82, 2.24) is 10.6 Å². The lowest BCUT2D eigenvalue weighted by Crippen LogP contribution is -2.43. The van der Waals surface area contributed by atoms with E-state index in [2.05, 4.69) is 16.9 Å². The normalized spacial score (nSPS) is 11.9. The van der Waals surface area contributed by atoms with Crippen LogP contribution in [-0.4, -0.2) is 41.7 Å². The van der Waals surface area contributed by atoms with Gasteiger partial charge in [0, 0.05) is 12.6 Å². The second-order valence-electron chi connectivity index (χ2n) is 4.18. The summed E-state index contributed by atoms with van der Waals surface area (Å²) in [6.45, 7) is 2.61. The first-order chi connectivity index (χ1) is 8.60. The van der Waals surface area contributed by atoms with Crippen LogP contribution in [0, 0.1) is 0 Å². The van der Waals surface area contributed by atoms with Crippen LogP contribution in [0.4, 0.5) is 4.79 Å². The predicted molar refractivity (Wildman–Crippen MR) is 75.1 cm³/mol. The Morgan fingerprint density at radius 1 is 1.33 bits per heavy atom. The van der Waals surface area contributed by atoms with Crippen molar-refractivity contribution in [2.24, 2.45) is 0 Å². The van der Waals surface area contributed by atoms with Gasteiger partial charge in [0.1, 0.15) is 0 Å². The molecule has 2 amide bonds. The van der Waals surface area contributed by atoms with Gasteiger partial charge in [0.2, 0.25) is 0 Å². The van der Waals surface area contributed by atoms with Crippen molar-refractivity contribution < 1.29 is 14.7 Å². The number of rotatable bonds is 10. The van der Waals surface area contributed by atoms with Crippen LogP contribution in [0.25, 0.3) is 0 Å². The molecular weight excluding hydrogens is 252 g/mol. The van der Waals surface area contributed by atoms with Crippen molar-refractivity contribution in [2.45, 2.75) is 45.1 Å². The zero-order chi connectivity index (χ0) is 13.8. The Bertz CT molecular complexity index is 249. The molecule has 0 rings (SSSR count). The second-order valence-corrected chi connectivity index (χ2v) is 5.17. The highest BCUT2D eigenvalue weighted by atomic mass is 32.2. The molecule has 6 heteroatoms. The summed E-state index contributed by atoms with van der Waals surface area (Å²) in [4.78, 5) is 22.1. The molecule has 0 aromatic rings. The quantitative estimate of drug-likeness (QED) is 0.534. The van der Waals surface area contributed by atoms with Crippen molar-refractivity contribution >= 4 is 23.8 Å². The van der Waals surface area contributed by atoms with Gasteiger partial charge in [-0.05, 0) is 31.3 Å². The van der Waals surface area contributed by atoms with Crippen LogP contribution < -0.4 is 10.6 Å². The highest BCUT2D eigenvalue weighted by Gasteiger charge is 2.14. The summed E-state index contributed by atoms with van der Waals surface area (Å²) in [6.07, 6.45) is 5.61. The Morgan fingerprint density at radius 2 is 2.06 bits per heavy atom. The monoisotopic (exact) mass is 276 g/mol. The van der Waals surface area contributed by atoms with Crippen LogP contribution in [-0.2, 0) is 4.79 Å². The van der Waals surface area contributed by atoms with Gasteiger partial charge in [0.15, 0.2) is 0 Å². The molecule has 0 aliphatic carbocycles. The van der Waals surface area contributed by atoms with Gasteiger partial charge < -0.3 is 15.7 Å². The van der Waals surface area contributed by atoms with Gasteiger partial charge in [-0.15, -0.1) is 0 Å². The number of carboxylic acid groups (broad SMARTS) is 1. The van der Waals surface area contributed by atoms with E-state index in [0.717, 1.165) is 25.0 Å². The molecule has 0 radical (unpaired) electrons.